The van der Waals surface area contributed by atoms with Crippen LogP contribution in [0, 0.1) is 0 Å². The van der Waals surface area contributed by atoms with Crippen molar-refractivity contribution in [2.45, 2.75) is 31.7 Å². The molecule has 0 radical (unpaired) electrons. The van der Waals surface area contributed by atoms with E-state index in [1.54, 1.807) is 0 Å². The fraction of sp³-hybridized carbons (Fsp3) is 0.500. The van der Waals surface area contributed by atoms with Gasteiger partial charge in [0.15, 0.2) is 0 Å². The van der Waals surface area contributed by atoms with Crippen LogP contribution in [0.5, 0.6) is 0 Å². The van der Waals surface area contributed by atoms with E-state index in [-0.39, 0.29) is 0 Å². The first kappa shape index (κ1) is 14.0. The molecule has 1 aliphatic rings. The number of nitrogens with two attached hydrogens (primary N) is 1. The van der Waals surface area contributed by atoms with Crippen LogP contribution in [0.2, 0.25) is 0 Å². The molecule has 0 bridgehead atoms. The number of furan rings is 1. The quantitative estimate of drug-likeness (QED) is 0.939. The standard InChI is InChI=1S/C16H22N2OS/c1-2-12-10-18(7-8-20-12)11-14-13-5-3-4-6-15(13)19-16(14)9-17/h3-6,12H,2,7-11,17H2,1H3. The van der Waals surface area contributed by atoms with Crippen LogP contribution in [0.1, 0.15) is 24.7 Å². The molecule has 0 saturated carbocycles. The van der Waals surface area contributed by atoms with Gasteiger partial charge in [-0.05, 0) is 12.5 Å². The minimum atomic E-state index is 0.476. The average molecular weight is 290 g/mol. The molecule has 1 unspecified atom stereocenters. The molecule has 3 nitrogen and oxygen atoms in total. The Kier molecular flexibility index (Phi) is 4.34. The second-order valence-corrected chi connectivity index (χ2v) is 6.75. The number of hydrogen-bond acceptors (Lipinski definition) is 4. The summed E-state index contributed by atoms with van der Waals surface area (Å²) in [5.74, 6) is 2.17. The van der Waals surface area contributed by atoms with E-state index in [0.717, 1.165) is 29.7 Å². The highest BCUT2D eigenvalue weighted by Crippen LogP contribution is 2.29. The van der Waals surface area contributed by atoms with E-state index >= 15 is 0 Å². The molecule has 0 amide bonds. The Morgan fingerprint density at radius 3 is 3.05 bits per heavy atom. The average Bonchev–Trinajstić information content (AvgIpc) is 2.85. The van der Waals surface area contributed by atoms with E-state index in [4.69, 9.17) is 10.2 Å². The van der Waals surface area contributed by atoms with Crippen LogP contribution >= 0.6 is 11.8 Å². The van der Waals surface area contributed by atoms with Gasteiger partial charge in [-0.25, -0.2) is 0 Å². The third-order valence-electron chi connectivity index (χ3n) is 4.03. The largest absolute Gasteiger partial charge is 0.459 e. The van der Waals surface area contributed by atoms with Crippen LogP contribution in [-0.2, 0) is 13.1 Å². The Hall–Kier alpha value is -0.970. The maximum Gasteiger partial charge on any atom is 0.134 e. The number of rotatable bonds is 4. The van der Waals surface area contributed by atoms with Gasteiger partial charge in [-0.2, -0.15) is 11.8 Å². The lowest BCUT2D eigenvalue weighted by molar-refractivity contribution is 0.271. The molecule has 1 aromatic carbocycles. The van der Waals surface area contributed by atoms with E-state index in [2.05, 4.69) is 35.7 Å². The number of benzene rings is 1. The SMILES string of the molecule is CCC1CN(Cc2c(CN)oc3ccccc23)CCS1. The molecule has 2 aromatic rings. The summed E-state index contributed by atoms with van der Waals surface area (Å²) in [6.07, 6.45) is 1.25. The minimum absolute atomic E-state index is 0.476. The van der Waals surface area contributed by atoms with Crippen molar-refractivity contribution in [3.8, 4) is 0 Å². The van der Waals surface area contributed by atoms with Crippen LogP contribution in [0.25, 0.3) is 11.0 Å². The third-order valence-corrected chi connectivity index (χ3v) is 5.40. The second-order valence-electron chi connectivity index (χ2n) is 5.34. The molecule has 3 rings (SSSR count). The first-order valence-corrected chi connectivity index (χ1v) is 8.40. The molecule has 4 heteroatoms. The van der Waals surface area contributed by atoms with E-state index in [1.165, 1.54) is 29.7 Å². The number of thioether (sulfide) groups is 1. The Morgan fingerprint density at radius 1 is 1.40 bits per heavy atom. The minimum Gasteiger partial charge on any atom is -0.459 e. The monoisotopic (exact) mass is 290 g/mol. The summed E-state index contributed by atoms with van der Waals surface area (Å²) in [6.45, 7) is 6.04. The van der Waals surface area contributed by atoms with Crippen molar-refractivity contribution in [1.29, 1.82) is 0 Å². The molecule has 1 saturated heterocycles. The van der Waals surface area contributed by atoms with Crippen molar-refractivity contribution < 1.29 is 4.42 Å². The highest BCUT2D eigenvalue weighted by atomic mass is 32.2. The molecule has 1 fully saturated rings. The van der Waals surface area contributed by atoms with Gasteiger partial charge in [0.05, 0.1) is 6.54 Å². The maximum atomic E-state index is 5.89. The second kappa shape index (κ2) is 6.20. The zero-order chi connectivity index (χ0) is 13.9. The van der Waals surface area contributed by atoms with Gasteiger partial charge in [0.1, 0.15) is 11.3 Å². The molecule has 20 heavy (non-hydrogen) atoms. The fourth-order valence-electron chi connectivity index (χ4n) is 2.88. The number of para-hydroxylation sites is 1. The first-order chi connectivity index (χ1) is 9.81. The first-order valence-electron chi connectivity index (χ1n) is 7.35. The van der Waals surface area contributed by atoms with Crippen molar-refractivity contribution in [2.75, 3.05) is 18.8 Å². The van der Waals surface area contributed by atoms with E-state index < -0.39 is 0 Å². The lowest BCUT2D eigenvalue weighted by atomic mass is 10.1. The van der Waals surface area contributed by atoms with Gasteiger partial charge < -0.3 is 10.2 Å². The van der Waals surface area contributed by atoms with Crippen LogP contribution in [0.4, 0.5) is 0 Å². The molecule has 1 atom stereocenters. The summed E-state index contributed by atoms with van der Waals surface area (Å²) in [6, 6.07) is 8.26. The summed E-state index contributed by atoms with van der Waals surface area (Å²) in [4.78, 5) is 2.54. The lowest BCUT2D eigenvalue weighted by Crippen LogP contribution is -2.37. The van der Waals surface area contributed by atoms with E-state index in [0.29, 0.717) is 6.54 Å². The van der Waals surface area contributed by atoms with Crippen LogP contribution < -0.4 is 5.73 Å². The van der Waals surface area contributed by atoms with Crippen LogP contribution in [0.3, 0.4) is 0 Å². The molecule has 108 valence electrons. The highest BCUT2D eigenvalue weighted by molar-refractivity contribution is 8.00. The predicted molar refractivity (Wildman–Crippen MR) is 85.9 cm³/mol. The van der Waals surface area contributed by atoms with Crippen LogP contribution in [0.15, 0.2) is 28.7 Å². The summed E-state index contributed by atoms with van der Waals surface area (Å²) >= 11 is 2.10. The normalized spacial score (nSPS) is 20.6. The molecule has 1 aromatic heterocycles. The molecule has 0 aliphatic carbocycles. The smallest absolute Gasteiger partial charge is 0.134 e. The van der Waals surface area contributed by atoms with Crippen LogP contribution in [-0.4, -0.2) is 29.0 Å². The zero-order valence-electron chi connectivity index (χ0n) is 12.0. The summed E-state index contributed by atoms with van der Waals surface area (Å²) in [7, 11) is 0. The van der Waals surface area contributed by atoms with Gasteiger partial charge in [0.25, 0.3) is 0 Å². The maximum absolute atomic E-state index is 5.89. The van der Waals surface area contributed by atoms with Gasteiger partial charge in [-0.3, -0.25) is 4.90 Å². The predicted octanol–water partition coefficient (Wildman–Crippen LogP) is 3.22. The molecule has 2 heterocycles. The third kappa shape index (κ3) is 2.73. The summed E-state index contributed by atoms with van der Waals surface area (Å²) < 4.78 is 5.89. The van der Waals surface area contributed by atoms with Gasteiger partial charge >= 0.3 is 0 Å². The Balaban J connectivity index is 1.86. The lowest BCUT2D eigenvalue weighted by Gasteiger charge is -2.31. The van der Waals surface area contributed by atoms with Crippen molar-refractivity contribution >= 4 is 22.7 Å². The topological polar surface area (TPSA) is 42.4 Å². The zero-order valence-corrected chi connectivity index (χ0v) is 12.8. The Labute approximate surface area is 124 Å². The van der Waals surface area contributed by atoms with Gasteiger partial charge in [-0.1, -0.05) is 25.1 Å². The summed E-state index contributed by atoms with van der Waals surface area (Å²) in [5.41, 5.74) is 8.10. The van der Waals surface area contributed by atoms with Crippen molar-refractivity contribution in [3.63, 3.8) is 0 Å². The Morgan fingerprint density at radius 2 is 2.25 bits per heavy atom. The van der Waals surface area contributed by atoms with E-state index in [1.807, 2.05) is 12.1 Å². The highest BCUT2D eigenvalue weighted by Gasteiger charge is 2.22. The number of fused-ring (bicyclic) bond motifs is 1. The molecule has 1 aliphatic heterocycles. The molecule has 0 spiro atoms. The van der Waals surface area contributed by atoms with Gasteiger partial charge in [0.2, 0.25) is 0 Å². The van der Waals surface area contributed by atoms with Gasteiger partial charge in [0, 0.05) is 41.6 Å². The van der Waals surface area contributed by atoms with Crippen molar-refractivity contribution in [2.24, 2.45) is 5.73 Å². The van der Waals surface area contributed by atoms with E-state index in [9.17, 15) is 0 Å². The summed E-state index contributed by atoms with van der Waals surface area (Å²) in [5, 5.41) is 1.99. The Bertz CT molecular complexity index is 581. The van der Waals surface area contributed by atoms with Gasteiger partial charge in [-0.15, -0.1) is 0 Å². The molecule has 2 N–H and O–H groups in total. The van der Waals surface area contributed by atoms with Crippen molar-refractivity contribution in [3.05, 3.63) is 35.6 Å². The molecular weight excluding hydrogens is 268 g/mol. The molecular formula is C16H22N2OS. The number of nitrogens with zero attached hydrogens (tertiary/aromatic N) is 1. The van der Waals surface area contributed by atoms with Crippen molar-refractivity contribution in [1.82, 2.24) is 4.90 Å². The number of hydrogen-bond donors (Lipinski definition) is 1. The fourth-order valence-corrected chi connectivity index (χ4v) is 4.13.